The van der Waals surface area contributed by atoms with Gasteiger partial charge in [-0.3, -0.25) is 0 Å². The molecule has 1 atom stereocenters. The first-order valence-corrected chi connectivity index (χ1v) is 8.26. The van der Waals surface area contributed by atoms with Crippen molar-refractivity contribution in [2.75, 3.05) is 0 Å². The van der Waals surface area contributed by atoms with E-state index in [0.29, 0.717) is 9.58 Å². The molecule has 1 saturated carbocycles. The fraction of sp³-hybridized carbons (Fsp3) is 0.429. The Bertz CT molecular complexity index is 677. The fourth-order valence-corrected chi connectivity index (χ4v) is 4.51. The highest BCUT2D eigenvalue weighted by Gasteiger charge is 2.51. The van der Waals surface area contributed by atoms with Gasteiger partial charge in [-0.25, -0.2) is 0 Å². The number of thiophene rings is 1. The maximum atomic E-state index is 13.2. The molecule has 0 radical (unpaired) electrons. The van der Waals surface area contributed by atoms with Gasteiger partial charge in [0.25, 0.3) is 0 Å². The molecule has 1 unspecified atom stereocenters. The fourth-order valence-electron chi connectivity index (χ4n) is 2.37. The lowest BCUT2D eigenvalue weighted by Gasteiger charge is -1.99. The minimum Gasteiger partial charge on any atom is -0.418 e. The lowest BCUT2D eigenvalue weighted by atomic mass is 10.1. The van der Waals surface area contributed by atoms with Crippen LogP contribution in [0.5, 0.6) is 0 Å². The second-order valence-electron chi connectivity index (χ2n) is 5.29. The summed E-state index contributed by atoms with van der Waals surface area (Å²) >= 11 is 0. The van der Waals surface area contributed by atoms with Crippen LogP contribution in [0.1, 0.15) is 36.1 Å². The predicted octanol–water partition coefficient (Wildman–Crippen LogP) is 6.81. The Morgan fingerprint density at radius 1 is 1.09 bits per heavy atom. The van der Waals surface area contributed by atoms with E-state index in [-0.39, 0.29) is 5.92 Å². The van der Waals surface area contributed by atoms with Crippen LogP contribution in [0, 0.1) is 0 Å². The van der Waals surface area contributed by atoms with Crippen molar-refractivity contribution >= 4 is 27.8 Å². The van der Waals surface area contributed by atoms with Crippen LogP contribution in [0.25, 0.3) is 10.1 Å². The summed E-state index contributed by atoms with van der Waals surface area (Å²) in [4.78, 5) is 0.616. The number of alkyl halides is 3. The molecule has 2 aromatic rings. The van der Waals surface area contributed by atoms with E-state index in [2.05, 4.69) is 0 Å². The number of hydrogen-bond donors (Lipinski definition) is 0. The molecule has 0 aliphatic heterocycles. The molecule has 0 amide bonds. The van der Waals surface area contributed by atoms with Crippen LogP contribution in [0.3, 0.4) is 0 Å². The molecular formula is C14H14BF7S. The molecular weight excluding hydrogens is 344 g/mol. The van der Waals surface area contributed by atoms with Gasteiger partial charge in [0.15, 0.2) is 9.58 Å². The second-order valence-corrected chi connectivity index (χ2v) is 7.28. The quantitative estimate of drug-likeness (QED) is 0.314. The Morgan fingerprint density at radius 2 is 1.65 bits per heavy atom. The third-order valence-electron chi connectivity index (χ3n) is 3.45. The van der Waals surface area contributed by atoms with Gasteiger partial charge < -0.3 is 17.3 Å². The van der Waals surface area contributed by atoms with Crippen LogP contribution in [-0.4, -0.2) is 7.25 Å². The van der Waals surface area contributed by atoms with E-state index in [4.69, 9.17) is 0 Å². The molecule has 0 N–H and O–H groups in total. The average Bonchev–Trinajstić information content (AvgIpc) is 3.15. The van der Waals surface area contributed by atoms with E-state index < -0.39 is 23.2 Å². The molecule has 9 heteroatoms. The SMILES string of the molecule is CCc1ccc2c(c1)cc(C1CC1)[s+]2C(F)(F)F.F[B-](F)(F)F. The van der Waals surface area contributed by atoms with Gasteiger partial charge in [0.05, 0.1) is 10.5 Å². The molecule has 0 saturated heterocycles. The molecule has 128 valence electrons. The van der Waals surface area contributed by atoms with Crippen LogP contribution >= 0.6 is 10.5 Å². The van der Waals surface area contributed by atoms with E-state index >= 15 is 0 Å². The summed E-state index contributed by atoms with van der Waals surface area (Å²) in [7, 11) is -7.67. The first-order chi connectivity index (χ1) is 10.5. The summed E-state index contributed by atoms with van der Waals surface area (Å²) < 4.78 is 79.2. The number of fused-ring (bicyclic) bond motifs is 1. The highest BCUT2D eigenvalue weighted by Crippen LogP contribution is 2.57. The van der Waals surface area contributed by atoms with E-state index in [9.17, 15) is 30.4 Å². The number of halogens is 7. The first-order valence-electron chi connectivity index (χ1n) is 7.03. The van der Waals surface area contributed by atoms with Crippen molar-refractivity contribution < 1.29 is 30.4 Å². The standard InChI is InChI=1S/C14H14F3S.BF4/c1-2-9-3-6-12-11(7-9)8-13(10-4-5-10)18(12)14(15,16)17;2-1(3,4)5/h3,6-8,10H,2,4-5H2,1H3;/q+1;-1. The van der Waals surface area contributed by atoms with E-state index in [1.165, 1.54) is 0 Å². The minimum absolute atomic E-state index is 0.174. The Morgan fingerprint density at radius 3 is 2.09 bits per heavy atom. The van der Waals surface area contributed by atoms with Gasteiger partial charge in [0.2, 0.25) is 0 Å². The summed E-state index contributed by atoms with van der Waals surface area (Å²) in [5, 5.41) is 0.789. The van der Waals surface area contributed by atoms with Crippen molar-refractivity contribution in [3.8, 4) is 0 Å². The molecule has 1 aliphatic rings. The van der Waals surface area contributed by atoms with Crippen LogP contribution < -0.4 is 0 Å². The smallest absolute Gasteiger partial charge is 0.418 e. The molecule has 0 bridgehead atoms. The molecule has 1 aliphatic carbocycles. The van der Waals surface area contributed by atoms with Crippen molar-refractivity contribution in [3.63, 3.8) is 0 Å². The molecule has 1 aromatic carbocycles. The highest BCUT2D eigenvalue weighted by molar-refractivity contribution is 7.38. The number of benzene rings is 1. The van der Waals surface area contributed by atoms with Gasteiger partial charge in [-0.05, 0) is 37.0 Å². The topological polar surface area (TPSA) is 0 Å². The van der Waals surface area contributed by atoms with E-state index in [1.54, 1.807) is 12.1 Å². The Kier molecular flexibility index (Phi) is 4.99. The largest absolute Gasteiger partial charge is 0.673 e. The Hall–Kier alpha value is -1.25. The van der Waals surface area contributed by atoms with Crippen molar-refractivity contribution in [2.45, 2.75) is 37.6 Å². The predicted molar refractivity (Wildman–Crippen MR) is 79.3 cm³/mol. The van der Waals surface area contributed by atoms with Crippen LogP contribution in [0.2, 0.25) is 0 Å². The van der Waals surface area contributed by atoms with Crippen LogP contribution in [-0.2, 0) is 11.9 Å². The first kappa shape index (κ1) is 18.1. The van der Waals surface area contributed by atoms with E-state index in [0.717, 1.165) is 30.2 Å². The average molecular weight is 358 g/mol. The molecule has 0 nitrogen and oxygen atoms in total. The number of rotatable bonds is 2. The lowest BCUT2D eigenvalue weighted by molar-refractivity contribution is -0.0867. The maximum Gasteiger partial charge on any atom is 0.673 e. The van der Waals surface area contributed by atoms with Gasteiger partial charge in [-0.1, -0.05) is 13.0 Å². The Labute approximate surface area is 131 Å². The van der Waals surface area contributed by atoms with Crippen LogP contribution in [0.15, 0.2) is 24.3 Å². The van der Waals surface area contributed by atoms with Gasteiger partial charge in [0, 0.05) is 17.4 Å². The van der Waals surface area contributed by atoms with Gasteiger partial charge in [-0.15, -0.1) is 13.2 Å². The van der Waals surface area contributed by atoms with Crippen molar-refractivity contribution in [1.29, 1.82) is 0 Å². The molecule has 3 rings (SSSR count). The van der Waals surface area contributed by atoms with Crippen molar-refractivity contribution in [2.24, 2.45) is 0 Å². The Balaban J connectivity index is 0.000000338. The number of aryl methyl sites for hydroxylation is 1. The van der Waals surface area contributed by atoms with Crippen molar-refractivity contribution in [3.05, 3.63) is 34.7 Å². The summed E-state index contributed by atoms with van der Waals surface area (Å²) in [6.07, 6.45) is 2.69. The monoisotopic (exact) mass is 358 g/mol. The maximum absolute atomic E-state index is 13.2. The van der Waals surface area contributed by atoms with Crippen LogP contribution in [0.4, 0.5) is 30.4 Å². The summed E-state index contributed by atoms with van der Waals surface area (Å²) in [6.45, 7) is 2.02. The van der Waals surface area contributed by atoms with Gasteiger partial charge in [0.1, 0.15) is 0 Å². The molecule has 23 heavy (non-hydrogen) atoms. The van der Waals surface area contributed by atoms with E-state index in [1.807, 2.05) is 19.1 Å². The zero-order valence-electron chi connectivity index (χ0n) is 12.1. The summed E-state index contributed by atoms with van der Waals surface area (Å²) in [6, 6.07) is 7.21. The highest BCUT2D eigenvalue weighted by atomic mass is 32.2. The molecule has 1 heterocycles. The molecule has 1 aromatic heterocycles. The summed E-state index contributed by atoms with van der Waals surface area (Å²) in [5.74, 6) is 0.174. The normalized spacial score (nSPS) is 16.3. The second kappa shape index (κ2) is 6.34. The van der Waals surface area contributed by atoms with Crippen molar-refractivity contribution in [1.82, 2.24) is 0 Å². The molecule has 0 spiro atoms. The minimum atomic E-state index is -6.00. The third kappa shape index (κ3) is 4.86. The third-order valence-corrected chi connectivity index (χ3v) is 5.64. The lowest BCUT2D eigenvalue weighted by Crippen LogP contribution is -2.02. The van der Waals surface area contributed by atoms with Gasteiger partial charge >= 0.3 is 12.8 Å². The zero-order chi connectivity index (χ0) is 17.4. The zero-order valence-corrected chi connectivity index (χ0v) is 13.0. The number of hydrogen-bond acceptors (Lipinski definition) is 0. The molecule has 1 fully saturated rings. The van der Waals surface area contributed by atoms with Gasteiger partial charge in [-0.2, -0.15) is 0 Å². The summed E-state index contributed by atoms with van der Waals surface area (Å²) in [5.41, 5.74) is -3.03.